The minimum Gasteiger partial charge on any atom is -0.489 e. The van der Waals surface area contributed by atoms with E-state index >= 15 is 0 Å². The highest BCUT2D eigenvalue weighted by Crippen LogP contribution is 2.25. The maximum Gasteiger partial charge on any atom is 0.119 e. The molecule has 1 heterocycles. The minimum absolute atomic E-state index is 0.598. The third-order valence-electron chi connectivity index (χ3n) is 2.82. The van der Waals surface area contributed by atoms with Crippen molar-refractivity contribution in [1.29, 1.82) is 0 Å². The van der Waals surface area contributed by atoms with E-state index in [9.17, 15) is 0 Å². The van der Waals surface area contributed by atoms with E-state index in [0.717, 1.165) is 5.75 Å². The van der Waals surface area contributed by atoms with E-state index in [1.807, 2.05) is 42.6 Å². The van der Waals surface area contributed by atoms with Crippen LogP contribution in [0.3, 0.4) is 0 Å². The second-order valence-corrected chi connectivity index (χ2v) is 5.01. The molecule has 3 heteroatoms. The largest absolute Gasteiger partial charge is 0.489 e. The van der Waals surface area contributed by atoms with Gasteiger partial charge in [-0.2, -0.15) is 0 Å². The van der Waals surface area contributed by atoms with Gasteiger partial charge in [0.05, 0.1) is 4.88 Å². The summed E-state index contributed by atoms with van der Waals surface area (Å²) in [6.07, 6.45) is 1.82. The molecule has 0 N–H and O–H groups in total. The highest BCUT2D eigenvalue weighted by atomic mass is 32.1. The number of rotatable bonds is 4. The molecule has 0 unspecified atom stereocenters. The summed E-state index contributed by atoms with van der Waals surface area (Å²) in [5.41, 5.74) is 2.35. The highest BCUT2D eigenvalue weighted by molar-refractivity contribution is 7.09. The fourth-order valence-electron chi connectivity index (χ4n) is 1.82. The van der Waals surface area contributed by atoms with Crippen LogP contribution in [-0.2, 0) is 6.61 Å². The number of ether oxygens (including phenoxy) is 1. The van der Waals surface area contributed by atoms with Gasteiger partial charge in [-0.1, -0.05) is 30.3 Å². The van der Waals surface area contributed by atoms with Gasteiger partial charge in [0.25, 0.3) is 0 Å². The Labute approximate surface area is 116 Å². The third-order valence-corrected chi connectivity index (χ3v) is 3.62. The van der Waals surface area contributed by atoms with Crippen molar-refractivity contribution < 1.29 is 4.74 Å². The average molecular weight is 267 g/mol. The monoisotopic (exact) mass is 267 g/mol. The van der Waals surface area contributed by atoms with Crippen molar-refractivity contribution in [3.63, 3.8) is 0 Å². The van der Waals surface area contributed by atoms with Crippen LogP contribution in [0, 0.1) is 0 Å². The lowest BCUT2D eigenvalue weighted by Crippen LogP contribution is -1.94. The Morgan fingerprint density at radius 3 is 2.37 bits per heavy atom. The van der Waals surface area contributed by atoms with E-state index in [-0.39, 0.29) is 0 Å². The topological polar surface area (TPSA) is 22.1 Å². The maximum atomic E-state index is 5.75. The summed E-state index contributed by atoms with van der Waals surface area (Å²) in [5, 5.41) is 0. The SMILES string of the molecule is c1ccc(COc2ccc(-c3ccns3)cc2)cc1. The number of nitrogens with zero attached hydrogens (tertiary/aromatic N) is 1. The molecule has 0 fully saturated rings. The van der Waals surface area contributed by atoms with Crippen molar-refractivity contribution in [3.8, 4) is 16.2 Å². The molecule has 0 saturated carbocycles. The number of hydrogen-bond acceptors (Lipinski definition) is 3. The zero-order chi connectivity index (χ0) is 12.9. The molecule has 0 aliphatic carbocycles. The summed E-state index contributed by atoms with van der Waals surface area (Å²) in [6.45, 7) is 0.598. The first-order valence-corrected chi connectivity index (χ1v) is 6.87. The lowest BCUT2D eigenvalue weighted by atomic mass is 10.2. The molecule has 0 atom stereocenters. The molecule has 3 rings (SSSR count). The van der Waals surface area contributed by atoms with Gasteiger partial charge in [0.2, 0.25) is 0 Å². The van der Waals surface area contributed by atoms with Gasteiger partial charge in [0, 0.05) is 6.20 Å². The van der Waals surface area contributed by atoms with E-state index < -0.39 is 0 Å². The molecule has 0 amide bonds. The number of aromatic nitrogens is 1. The molecule has 94 valence electrons. The molecular weight excluding hydrogens is 254 g/mol. The van der Waals surface area contributed by atoms with Crippen LogP contribution < -0.4 is 4.74 Å². The Kier molecular flexibility index (Phi) is 3.56. The van der Waals surface area contributed by atoms with E-state index in [1.54, 1.807) is 0 Å². The molecule has 2 nitrogen and oxygen atoms in total. The molecule has 0 aliphatic heterocycles. The maximum absolute atomic E-state index is 5.75. The van der Waals surface area contributed by atoms with Crippen LogP contribution >= 0.6 is 11.5 Å². The smallest absolute Gasteiger partial charge is 0.119 e. The molecule has 0 saturated heterocycles. The van der Waals surface area contributed by atoms with Gasteiger partial charge in [-0.15, -0.1) is 0 Å². The van der Waals surface area contributed by atoms with Crippen molar-refractivity contribution in [1.82, 2.24) is 4.37 Å². The Hall–Kier alpha value is -2.13. The first kappa shape index (κ1) is 11.9. The molecule has 19 heavy (non-hydrogen) atoms. The van der Waals surface area contributed by atoms with Gasteiger partial charge in [-0.3, -0.25) is 0 Å². The number of benzene rings is 2. The van der Waals surface area contributed by atoms with Gasteiger partial charge in [0.15, 0.2) is 0 Å². The van der Waals surface area contributed by atoms with Crippen molar-refractivity contribution in [2.45, 2.75) is 6.61 Å². The Balaban J connectivity index is 1.67. The van der Waals surface area contributed by atoms with Crippen LogP contribution in [0.1, 0.15) is 5.56 Å². The Bertz CT molecular complexity index is 618. The molecule has 0 bridgehead atoms. The van der Waals surface area contributed by atoms with Crippen LogP contribution in [0.15, 0.2) is 66.9 Å². The molecule has 0 radical (unpaired) electrons. The van der Waals surface area contributed by atoms with Gasteiger partial charge in [-0.05, 0) is 53.0 Å². The molecule has 0 aliphatic rings. The zero-order valence-electron chi connectivity index (χ0n) is 10.3. The predicted molar refractivity (Wildman–Crippen MR) is 78.3 cm³/mol. The van der Waals surface area contributed by atoms with E-state index in [1.165, 1.54) is 27.5 Å². The van der Waals surface area contributed by atoms with Crippen LogP contribution in [0.4, 0.5) is 0 Å². The summed E-state index contributed by atoms with van der Waals surface area (Å²) in [6, 6.07) is 20.3. The van der Waals surface area contributed by atoms with Crippen molar-refractivity contribution in [2.75, 3.05) is 0 Å². The van der Waals surface area contributed by atoms with Gasteiger partial charge in [0.1, 0.15) is 12.4 Å². The van der Waals surface area contributed by atoms with Crippen LogP contribution in [0.25, 0.3) is 10.4 Å². The number of hydrogen-bond donors (Lipinski definition) is 0. The lowest BCUT2D eigenvalue weighted by Gasteiger charge is -2.06. The van der Waals surface area contributed by atoms with E-state index in [2.05, 4.69) is 28.6 Å². The summed E-state index contributed by atoms with van der Waals surface area (Å²) < 4.78 is 9.86. The highest BCUT2D eigenvalue weighted by Gasteiger charge is 2.00. The predicted octanol–water partition coefficient (Wildman–Crippen LogP) is 4.39. The fraction of sp³-hybridized carbons (Fsp3) is 0.0625. The average Bonchev–Trinajstić information content (AvgIpc) is 3.01. The zero-order valence-corrected chi connectivity index (χ0v) is 11.1. The first-order chi connectivity index (χ1) is 9.42. The van der Waals surface area contributed by atoms with E-state index in [4.69, 9.17) is 4.74 Å². The third kappa shape index (κ3) is 3.01. The Morgan fingerprint density at radius 2 is 1.68 bits per heavy atom. The first-order valence-electron chi connectivity index (χ1n) is 6.10. The summed E-state index contributed by atoms with van der Waals surface area (Å²) in [7, 11) is 0. The van der Waals surface area contributed by atoms with Crippen LogP contribution in [0.5, 0.6) is 5.75 Å². The van der Waals surface area contributed by atoms with Gasteiger partial charge in [-0.25, -0.2) is 4.37 Å². The normalized spacial score (nSPS) is 10.3. The minimum atomic E-state index is 0.598. The van der Waals surface area contributed by atoms with E-state index in [0.29, 0.717) is 6.61 Å². The summed E-state index contributed by atoms with van der Waals surface area (Å²) >= 11 is 1.50. The molecular formula is C16H13NOS. The summed E-state index contributed by atoms with van der Waals surface area (Å²) in [5.74, 6) is 0.886. The summed E-state index contributed by atoms with van der Waals surface area (Å²) in [4.78, 5) is 1.18. The standard InChI is InChI=1S/C16H13NOS/c1-2-4-13(5-3-1)12-18-15-8-6-14(7-9-15)16-10-11-17-19-16/h1-11H,12H2. The molecule has 2 aromatic carbocycles. The molecule has 3 aromatic rings. The van der Waals surface area contributed by atoms with Crippen LogP contribution in [0.2, 0.25) is 0 Å². The van der Waals surface area contributed by atoms with Crippen LogP contribution in [-0.4, -0.2) is 4.37 Å². The lowest BCUT2D eigenvalue weighted by molar-refractivity contribution is 0.306. The van der Waals surface area contributed by atoms with Crippen molar-refractivity contribution >= 4 is 11.5 Å². The molecule has 0 spiro atoms. The van der Waals surface area contributed by atoms with Crippen molar-refractivity contribution in [2.24, 2.45) is 0 Å². The van der Waals surface area contributed by atoms with Crippen molar-refractivity contribution in [3.05, 3.63) is 72.4 Å². The second kappa shape index (κ2) is 5.67. The second-order valence-electron chi connectivity index (χ2n) is 4.18. The molecule has 1 aromatic heterocycles. The Morgan fingerprint density at radius 1 is 0.895 bits per heavy atom. The fourth-order valence-corrected chi connectivity index (χ4v) is 2.42. The van der Waals surface area contributed by atoms with Gasteiger partial charge < -0.3 is 4.74 Å². The quantitative estimate of drug-likeness (QED) is 0.699. The van der Waals surface area contributed by atoms with Gasteiger partial charge >= 0.3 is 0 Å².